The van der Waals surface area contributed by atoms with Crippen molar-refractivity contribution in [1.82, 2.24) is 9.80 Å². The molecule has 0 unspecified atom stereocenters. The van der Waals surface area contributed by atoms with E-state index in [2.05, 4.69) is 0 Å². The molecule has 4 amide bonds. The number of halogens is 7. The van der Waals surface area contributed by atoms with Gasteiger partial charge in [-0.2, -0.15) is 26.3 Å². The third-order valence-corrected chi connectivity index (χ3v) is 7.63. The van der Waals surface area contributed by atoms with Crippen LogP contribution in [0.1, 0.15) is 17.5 Å². The minimum Gasteiger partial charge on any atom is -0.407 e. The minimum absolute atomic E-state index is 0.0172. The molecular weight excluding hydrogens is 593 g/mol. The molecule has 2 aromatic carbocycles. The number of ether oxygens (including phenoxy) is 2. The number of amides is 4. The van der Waals surface area contributed by atoms with Crippen molar-refractivity contribution in [3.63, 3.8) is 0 Å². The number of benzene rings is 2. The van der Waals surface area contributed by atoms with Crippen molar-refractivity contribution in [2.24, 2.45) is 5.41 Å². The van der Waals surface area contributed by atoms with Crippen LogP contribution < -0.4 is 14.5 Å². The number of carbonyl (C=O) groups excluding carboxylic acids is 3. The molecule has 3 fully saturated rings. The Morgan fingerprint density at radius 2 is 1.63 bits per heavy atom. The van der Waals surface area contributed by atoms with Gasteiger partial charge in [0.15, 0.2) is 5.75 Å². The largest absolute Gasteiger partial charge is 0.420 e. The Morgan fingerprint density at radius 1 is 0.977 bits per heavy atom. The summed E-state index contributed by atoms with van der Waals surface area (Å²) in [5, 5.41) is 0. The van der Waals surface area contributed by atoms with Gasteiger partial charge >= 0.3 is 24.5 Å². The summed E-state index contributed by atoms with van der Waals surface area (Å²) in [4.78, 5) is 42.8. The van der Waals surface area contributed by atoms with E-state index in [1.165, 1.54) is 4.90 Å². The highest BCUT2D eigenvalue weighted by atomic mass is 19.4. The van der Waals surface area contributed by atoms with Crippen molar-refractivity contribution in [2.75, 3.05) is 62.8 Å². The molecule has 1 spiro atoms. The number of urea groups is 1. The summed E-state index contributed by atoms with van der Waals surface area (Å²) < 4.78 is 107. The van der Waals surface area contributed by atoms with Crippen LogP contribution in [-0.4, -0.2) is 80.8 Å². The number of anilines is 2. The molecule has 3 aliphatic heterocycles. The zero-order valence-corrected chi connectivity index (χ0v) is 22.6. The molecule has 232 valence electrons. The van der Waals surface area contributed by atoms with E-state index in [9.17, 15) is 45.1 Å². The molecule has 3 saturated heterocycles. The summed E-state index contributed by atoms with van der Waals surface area (Å²) >= 11 is 0. The average Bonchev–Trinajstić information content (AvgIpc) is 3.45. The fraction of sp³-hybridized carbons (Fsp3) is 0.444. The topological polar surface area (TPSA) is 82.6 Å². The maximum Gasteiger partial charge on any atom is 0.420 e. The smallest absolute Gasteiger partial charge is 0.407 e. The average molecular weight is 619 g/mol. The molecule has 2 aromatic rings. The molecule has 9 nitrogen and oxygen atoms in total. The van der Waals surface area contributed by atoms with Gasteiger partial charge in [0, 0.05) is 57.3 Å². The van der Waals surface area contributed by atoms with Gasteiger partial charge in [0.1, 0.15) is 11.4 Å². The molecule has 5 rings (SSSR count). The van der Waals surface area contributed by atoms with E-state index in [0.29, 0.717) is 37.1 Å². The summed E-state index contributed by atoms with van der Waals surface area (Å²) in [5.41, 5.74) is -4.78. The van der Waals surface area contributed by atoms with Crippen molar-refractivity contribution in [3.05, 3.63) is 53.3 Å². The van der Waals surface area contributed by atoms with Gasteiger partial charge in [-0.15, -0.1) is 0 Å². The van der Waals surface area contributed by atoms with Gasteiger partial charge in [-0.1, -0.05) is 0 Å². The first-order chi connectivity index (χ1) is 20.1. The molecule has 0 atom stereocenters. The lowest BCUT2D eigenvalue weighted by Gasteiger charge is -2.37. The maximum atomic E-state index is 14.1. The van der Waals surface area contributed by atoms with Crippen molar-refractivity contribution < 1.29 is 54.6 Å². The van der Waals surface area contributed by atoms with Gasteiger partial charge in [0.2, 0.25) is 5.91 Å². The Morgan fingerprint density at radius 3 is 2.19 bits per heavy atom. The number of rotatable bonds is 6. The second-order valence-corrected chi connectivity index (χ2v) is 10.7. The van der Waals surface area contributed by atoms with Gasteiger partial charge in [-0.05, 0) is 36.4 Å². The van der Waals surface area contributed by atoms with Crippen LogP contribution in [-0.2, 0) is 21.9 Å². The molecular formula is C27H25F7N4O5. The number of hydrogen-bond donors (Lipinski definition) is 0. The highest BCUT2D eigenvalue weighted by Gasteiger charge is 2.49. The van der Waals surface area contributed by atoms with Gasteiger partial charge < -0.3 is 19.3 Å². The van der Waals surface area contributed by atoms with Gasteiger partial charge in [0.05, 0.1) is 24.5 Å². The summed E-state index contributed by atoms with van der Waals surface area (Å²) in [7, 11) is 1.11. The molecule has 3 aliphatic rings. The highest BCUT2D eigenvalue weighted by Crippen LogP contribution is 2.47. The fourth-order valence-electron chi connectivity index (χ4n) is 5.25. The molecule has 0 aromatic heterocycles. The molecule has 3 heterocycles. The number of carbonyl (C=O) groups is 3. The summed E-state index contributed by atoms with van der Waals surface area (Å²) in [6.07, 6.45) is -11.8. The Balaban J connectivity index is 1.44. The molecule has 0 radical (unpaired) electrons. The van der Waals surface area contributed by atoms with Crippen LogP contribution in [0.2, 0.25) is 0 Å². The summed E-state index contributed by atoms with van der Waals surface area (Å²) in [5.74, 6) is -2.09. The highest BCUT2D eigenvalue weighted by molar-refractivity contribution is 5.97. The van der Waals surface area contributed by atoms with Gasteiger partial charge in [-0.25, -0.2) is 14.0 Å². The van der Waals surface area contributed by atoms with E-state index in [1.807, 2.05) is 0 Å². The molecule has 0 aliphatic carbocycles. The Bertz CT molecular complexity index is 1430. The lowest BCUT2D eigenvalue weighted by Crippen LogP contribution is -2.45. The van der Waals surface area contributed by atoms with Gasteiger partial charge in [-0.3, -0.25) is 14.6 Å². The SMILES string of the molecule is CN(C(=O)Oc1c(N2CCN(CCN3CC4(COC4)CC3=O)C2=O)cc(C(F)(F)F)cc1C(F)(F)F)c1ccc(F)cc1. The second kappa shape index (κ2) is 10.9. The fourth-order valence-corrected chi connectivity index (χ4v) is 5.25. The molecule has 43 heavy (non-hydrogen) atoms. The van der Waals surface area contributed by atoms with E-state index < -0.39 is 52.9 Å². The van der Waals surface area contributed by atoms with Crippen molar-refractivity contribution in [1.29, 1.82) is 0 Å². The van der Waals surface area contributed by atoms with Crippen LogP contribution in [0, 0.1) is 11.2 Å². The monoisotopic (exact) mass is 618 g/mol. The molecule has 16 heteroatoms. The molecule has 0 saturated carbocycles. The quantitative estimate of drug-likeness (QED) is 0.427. The van der Waals surface area contributed by atoms with E-state index in [0.717, 1.165) is 36.2 Å². The summed E-state index contributed by atoms with van der Waals surface area (Å²) in [6.45, 7) is 0.979. The molecule has 0 N–H and O–H groups in total. The standard InChI is InChI=1S/C27H25F7N4O5/c1-35(18-4-2-17(28)3-5-18)24(41)43-22-19(27(32,33)34)10-16(26(29,30)31)11-20(22)38-9-8-36(23(38)40)6-7-37-13-25(12-21(37)39)14-42-15-25/h2-5,10-11H,6-9,12-15H2,1H3. The lowest BCUT2D eigenvalue weighted by molar-refractivity contribution is -0.143. The predicted molar refractivity (Wildman–Crippen MR) is 136 cm³/mol. The Hall–Kier alpha value is -4.08. The minimum atomic E-state index is -5.42. The number of nitrogens with zero attached hydrogens (tertiary/aromatic N) is 4. The Kier molecular flexibility index (Phi) is 7.69. The van der Waals surface area contributed by atoms with E-state index >= 15 is 0 Å². The maximum absolute atomic E-state index is 14.1. The third-order valence-electron chi connectivity index (χ3n) is 7.63. The van der Waals surface area contributed by atoms with Crippen LogP contribution in [0.25, 0.3) is 0 Å². The van der Waals surface area contributed by atoms with Crippen LogP contribution in [0.5, 0.6) is 5.75 Å². The van der Waals surface area contributed by atoms with Crippen molar-refractivity contribution in [2.45, 2.75) is 18.8 Å². The normalized spacial score (nSPS) is 18.5. The van der Waals surface area contributed by atoms with Crippen LogP contribution >= 0.6 is 0 Å². The predicted octanol–water partition coefficient (Wildman–Crippen LogP) is 4.99. The van der Waals surface area contributed by atoms with Crippen LogP contribution in [0.15, 0.2) is 36.4 Å². The Labute approximate surface area is 240 Å². The first-order valence-electron chi connectivity index (χ1n) is 13.0. The zero-order valence-electron chi connectivity index (χ0n) is 22.6. The zero-order chi connectivity index (χ0) is 31.3. The lowest BCUT2D eigenvalue weighted by atomic mass is 9.85. The number of likely N-dealkylation sites (tertiary alicyclic amines) is 1. The van der Waals surface area contributed by atoms with Crippen molar-refractivity contribution in [3.8, 4) is 5.75 Å². The van der Waals surface area contributed by atoms with Crippen LogP contribution in [0.4, 0.5) is 51.7 Å². The number of hydrogen-bond acceptors (Lipinski definition) is 5. The van der Waals surface area contributed by atoms with Crippen LogP contribution in [0.3, 0.4) is 0 Å². The number of alkyl halides is 6. The van der Waals surface area contributed by atoms with E-state index in [4.69, 9.17) is 9.47 Å². The molecule has 0 bridgehead atoms. The van der Waals surface area contributed by atoms with E-state index in [1.54, 1.807) is 4.90 Å². The first kappa shape index (κ1) is 30.4. The van der Waals surface area contributed by atoms with Crippen molar-refractivity contribution >= 4 is 29.4 Å². The first-order valence-corrected chi connectivity index (χ1v) is 13.0. The second-order valence-electron chi connectivity index (χ2n) is 10.7. The van der Waals surface area contributed by atoms with Gasteiger partial charge in [0.25, 0.3) is 0 Å². The summed E-state index contributed by atoms with van der Waals surface area (Å²) in [6, 6.07) is 3.45. The van der Waals surface area contributed by atoms with E-state index in [-0.39, 0.29) is 49.3 Å². The third kappa shape index (κ3) is 6.05.